The van der Waals surface area contributed by atoms with Crippen molar-refractivity contribution in [2.75, 3.05) is 6.54 Å². The van der Waals surface area contributed by atoms with Crippen LogP contribution in [0.2, 0.25) is 0 Å². The molecule has 2 N–H and O–H groups in total. The number of amides is 2. The quantitative estimate of drug-likeness (QED) is 0.421. The maximum Gasteiger partial charge on any atom is 1.00 e. The molecule has 1 saturated carbocycles. The van der Waals surface area contributed by atoms with E-state index in [4.69, 9.17) is 0 Å². The number of carbonyl (C=O) groups excluding carboxylic acids is 2. The normalized spacial score (nSPS) is 13.2. The topological polar surface area (TPSA) is 115 Å². The van der Waals surface area contributed by atoms with E-state index in [0.29, 0.717) is 24.4 Å². The third-order valence-electron chi connectivity index (χ3n) is 5.14. The number of aromatic nitrogens is 2. The number of rotatable bonds is 8. The first-order valence-electron chi connectivity index (χ1n) is 10.7. The Kier molecular flexibility index (Phi) is 9.22. The van der Waals surface area contributed by atoms with E-state index >= 15 is 0 Å². The van der Waals surface area contributed by atoms with E-state index in [1.165, 1.54) is 28.8 Å². The zero-order chi connectivity index (χ0) is 23.5. The van der Waals surface area contributed by atoms with Gasteiger partial charge in [0.25, 0.3) is 5.56 Å². The molecule has 8 nitrogen and oxygen atoms in total. The van der Waals surface area contributed by atoms with Crippen molar-refractivity contribution in [3.8, 4) is 5.75 Å². The molecule has 2 amide bonds. The summed E-state index contributed by atoms with van der Waals surface area (Å²) < 4.78 is 14.4. The maximum atomic E-state index is 13.0. The molecule has 0 aliphatic heterocycles. The Labute approximate surface area is 214 Å². The number of halogens is 1. The predicted octanol–water partition coefficient (Wildman–Crippen LogP) is 0.0199. The minimum absolute atomic E-state index is 0. The van der Waals surface area contributed by atoms with Crippen LogP contribution >= 0.6 is 0 Å². The second-order valence-corrected chi connectivity index (χ2v) is 9.01. The van der Waals surface area contributed by atoms with Gasteiger partial charge < -0.3 is 20.5 Å². The van der Waals surface area contributed by atoms with Gasteiger partial charge in [0.1, 0.15) is 23.2 Å². The van der Waals surface area contributed by atoms with Crippen LogP contribution < -0.4 is 40.4 Å². The van der Waals surface area contributed by atoms with Crippen molar-refractivity contribution in [3.05, 3.63) is 62.8 Å². The predicted molar refractivity (Wildman–Crippen MR) is 117 cm³/mol. The van der Waals surface area contributed by atoms with E-state index in [1.54, 1.807) is 0 Å². The number of benzene rings is 1. The molecule has 2 aromatic rings. The minimum atomic E-state index is -0.821. The molecule has 3 rings (SSSR count). The van der Waals surface area contributed by atoms with Crippen LogP contribution in [0.5, 0.6) is 5.75 Å². The summed E-state index contributed by atoms with van der Waals surface area (Å²) in [5.74, 6) is -1.50. The average molecular weight is 466 g/mol. The smallest absolute Gasteiger partial charge is 0.644 e. The molecule has 0 unspecified atom stereocenters. The Hall–Kier alpha value is -2.23. The molecule has 1 heterocycles. The molecule has 0 saturated heterocycles. The van der Waals surface area contributed by atoms with Gasteiger partial charge in [0.05, 0.1) is 0 Å². The molecule has 10 heteroatoms. The van der Waals surface area contributed by atoms with E-state index in [1.807, 2.05) is 20.8 Å². The van der Waals surface area contributed by atoms with Gasteiger partial charge in [-0.15, -0.1) is 6.54 Å². The van der Waals surface area contributed by atoms with Crippen molar-refractivity contribution in [1.82, 2.24) is 14.9 Å². The summed E-state index contributed by atoms with van der Waals surface area (Å²) in [5.41, 5.74) is -1.10. The Bertz CT molecular complexity index is 1060. The Morgan fingerprint density at radius 3 is 2.45 bits per heavy atom. The zero-order valence-electron chi connectivity index (χ0n) is 19.5. The summed E-state index contributed by atoms with van der Waals surface area (Å²) in [4.78, 5) is 41.5. The fourth-order valence-electron chi connectivity index (χ4n) is 3.24. The number of aromatic hydroxyl groups is 1. The van der Waals surface area contributed by atoms with Crippen LogP contribution in [0, 0.1) is 11.7 Å². The molecular formula is C23H28FN4NaO4. The number of carbonyl (C=O) groups is 2. The molecule has 33 heavy (non-hydrogen) atoms. The first kappa shape index (κ1) is 27.0. The third-order valence-corrected chi connectivity index (χ3v) is 5.14. The SMILES string of the molecule is CC(C)(C)c1nc(C(=O)[N-]Cc2ccc(F)cc2)c(O)c(=O)n1CCCNC(=O)C1CC1.[Na+]. The van der Waals surface area contributed by atoms with Gasteiger partial charge in [-0.2, -0.15) is 0 Å². The van der Waals surface area contributed by atoms with Gasteiger partial charge in [-0.3, -0.25) is 14.2 Å². The maximum absolute atomic E-state index is 13.0. The first-order chi connectivity index (χ1) is 15.1. The Balaban J connectivity index is 0.00000385. The van der Waals surface area contributed by atoms with Gasteiger partial charge >= 0.3 is 29.6 Å². The van der Waals surface area contributed by atoms with Gasteiger partial charge in [0.2, 0.25) is 11.7 Å². The average Bonchev–Trinajstić information content (AvgIpc) is 3.58. The summed E-state index contributed by atoms with van der Waals surface area (Å²) in [6.45, 7) is 6.15. The molecule has 0 atom stereocenters. The number of hydrogen-bond donors (Lipinski definition) is 2. The number of nitrogens with one attached hydrogen (secondary N) is 1. The van der Waals surface area contributed by atoms with Crippen molar-refractivity contribution in [3.63, 3.8) is 0 Å². The van der Waals surface area contributed by atoms with Crippen molar-refractivity contribution < 1.29 is 48.6 Å². The number of nitrogens with zero attached hydrogens (tertiary/aromatic N) is 3. The van der Waals surface area contributed by atoms with E-state index in [0.717, 1.165) is 12.8 Å². The molecule has 1 aromatic heterocycles. The van der Waals surface area contributed by atoms with Crippen LogP contribution in [0.15, 0.2) is 29.1 Å². The van der Waals surface area contributed by atoms with Crippen molar-refractivity contribution >= 4 is 11.8 Å². The van der Waals surface area contributed by atoms with E-state index in [2.05, 4.69) is 15.6 Å². The van der Waals surface area contributed by atoms with Gasteiger partial charge in [-0.1, -0.05) is 38.5 Å². The summed E-state index contributed by atoms with van der Waals surface area (Å²) in [6.07, 6.45) is 2.31. The Morgan fingerprint density at radius 2 is 1.88 bits per heavy atom. The molecule has 0 spiro atoms. The zero-order valence-corrected chi connectivity index (χ0v) is 21.5. The summed E-state index contributed by atoms with van der Waals surface area (Å²) in [6, 6.07) is 5.52. The molecule has 1 fully saturated rings. The second-order valence-electron chi connectivity index (χ2n) is 9.01. The van der Waals surface area contributed by atoms with Crippen molar-refractivity contribution in [2.45, 2.75) is 58.5 Å². The summed E-state index contributed by atoms with van der Waals surface area (Å²) in [7, 11) is 0. The first-order valence-corrected chi connectivity index (χ1v) is 10.7. The summed E-state index contributed by atoms with van der Waals surface area (Å²) >= 11 is 0. The Morgan fingerprint density at radius 1 is 1.24 bits per heavy atom. The van der Waals surface area contributed by atoms with Crippen LogP contribution in [0.3, 0.4) is 0 Å². The van der Waals surface area contributed by atoms with Gasteiger partial charge in [0.15, 0.2) is 0 Å². The fourth-order valence-corrected chi connectivity index (χ4v) is 3.24. The van der Waals surface area contributed by atoms with Gasteiger partial charge in [-0.05, 0) is 31.4 Å². The molecule has 1 aromatic carbocycles. The van der Waals surface area contributed by atoms with Crippen LogP contribution in [-0.2, 0) is 23.3 Å². The fraction of sp³-hybridized carbons (Fsp3) is 0.478. The van der Waals surface area contributed by atoms with Gasteiger partial charge in [-0.25, -0.2) is 9.37 Å². The van der Waals surface area contributed by atoms with E-state index in [-0.39, 0.29) is 54.5 Å². The van der Waals surface area contributed by atoms with Crippen LogP contribution in [-0.4, -0.2) is 33.0 Å². The molecule has 0 bridgehead atoms. The molecule has 1 aliphatic carbocycles. The monoisotopic (exact) mass is 466 g/mol. The number of hydrogen-bond acceptors (Lipinski definition) is 5. The van der Waals surface area contributed by atoms with E-state index < -0.39 is 34.1 Å². The largest absolute Gasteiger partial charge is 1.00 e. The van der Waals surface area contributed by atoms with Crippen LogP contribution in [0.4, 0.5) is 4.39 Å². The molecule has 0 radical (unpaired) electrons. The summed E-state index contributed by atoms with van der Waals surface area (Å²) in [5, 5.41) is 17.1. The molecule has 1 aliphatic rings. The van der Waals surface area contributed by atoms with E-state index in [9.17, 15) is 23.9 Å². The van der Waals surface area contributed by atoms with Gasteiger partial charge in [0, 0.05) is 24.4 Å². The molecule has 172 valence electrons. The molecular weight excluding hydrogens is 438 g/mol. The second kappa shape index (κ2) is 11.3. The van der Waals surface area contributed by atoms with Crippen molar-refractivity contribution in [1.29, 1.82) is 0 Å². The van der Waals surface area contributed by atoms with Crippen LogP contribution in [0.25, 0.3) is 5.32 Å². The third kappa shape index (κ3) is 7.12. The van der Waals surface area contributed by atoms with Crippen LogP contribution in [0.1, 0.15) is 61.9 Å². The minimum Gasteiger partial charge on any atom is -0.644 e. The standard InChI is InChI=1S/C23H29FN4O4.Na/c1-23(2,3)22-27-17(20(31)26-13-14-5-9-16(24)10-6-14)18(29)21(32)28(22)12-4-11-25-19(30)15-7-8-15;/h5-6,9-10,15H,4,7-8,11-13H2,1-3H3,(H3,25,26,29,30,31);/q;+1/p-1. The van der Waals surface area contributed by atoms with Crippen molar-refractivity contribution in [2.24, 2.45) is 5.92 Å².